The molecule has 0 saturated heterocycles. The highest BCUT2D eigenvalue weighted by molar-refractivity contribution is 8.00. The van der Waals surface area contributed by atoms with Crippen LogP contribution in [0.15, 0.2) is 23.1 Å². The van der Waals surface area contributed by atoms with Crippen molar-refractivity contribution in [3.63, 3.8) is 0 Å². The highest BCUT2D eigenvalue weighted by Crippen LogP contribution is 2.25. The Hall–Kier alpha value is -1.67. The molecule has 0 saturated carbocycles. The fraction of sp³-hybridized carbons (Fsp3) is 0.385. The maximum absolute atomic E-state index is 11.8. The Kier molecular flexibility index (Phi) is 5.53. The summed E-state index contributed by atoms with van der Waals surface area (Å²) < 4.78 is 0. The van der Waals surface area contributed by atoms with E-state index in [0.717, 1.165) is 10.5 Å². The summed E-state index contributed by atoms with van der Waals surface area (Å²) in [4.78, 5) is 14.2. The Balaban J connectivity index is 2.50. The van der Waals surface area contributed by atoms with E-state index >= 15 is 0 Å². The standard InChI is InChI=1S/C13H17N3OS/c1-10-4-5-12(11(15)8-10)18-9-13(17)16(2)7-3-6-14/h4-5,8H,3,7,9,15H2,1-2H3. The van der Waals surface area contributed by atoms with E-state index in [2.05, 4.69) is 0 Å². The number of amides is 1. The molecule has 2 N–H and O–H groups in total. The fourth-order valence-electron chi connectivity index (χ4n) is 1.39. The van der Waals surface area contributed by atoms with E-state index in [9.17, 15) is 4.79 Å². The topological polar surface area (TPSA) is 70.1 Å². The minimum atomic E-state index is 0.00947. The number of nitrogen functional groups attached to an aromatic ring is 1. The molecule has 0 aliphatic heterocycles. The van der Waals surface area contributed by atoms with Crippen LogP contribution in [0.2, 0.25) is 0 Å². The number of anilines is 1. The van der Waals surface area contributed by atoms with E-state index in [1.54, 1.807) is 11.9 Å². The van der Waals surface area contributed by atoms with Gasteiger partial charge in [0, 0.05) is 24.2 Å². The number of nitrogens with zero attached hydrogens (tertiary/aromatic N) is 2. The van der Waals surface area contributed by atoms with E-state index in [0.29, 0.717) is 24.4 Å². The van der Waals surface area contributed by atoms with E-state index in [1.165, 1.54) is 11.8 Å². The number of carbonyl (C=O) groups excluding carboxylic acids is 1. The summed E-state index contributed by atoms with van der Waals surface area (Å²) in [6, 6.07) is 7.82. The lowest BCUT2D eigenvalue weighted by Gasteiger charge is -2.15. The third-order valence-corrected chi connectivity index (χ3v) is 3.58. The van der Waals surface area contributed by atoms with Gasteiger partial charge in [0.15, 0.2) is 0 Å². The van der Waals surface area contributed by atoms with Crippen molar-refractivity contribution in [2.75, 3.05) is 25.1 Å². The molecular weight excluding hydrogens is 246 g/mol. The van der Waals surface area contributed by atoms with Gasteiger partial charge in [-0.25, -0.2) is 0 Å². The third kappa shape index (κ3) is 4.30. The smallest absolute Gasteiger partial charge is 0.232 e. The summed E-state index contributed by atoms with van der Waals surface area (Å²) in [7, 11) is 1.71. The van der Waals surface area contributed by atoms with Gasteiger partial charge in [0.1, 0.15) is 0 Å². The van der Waals surface area contributed by atoms with Gasteiger partial charge in [-0.15, -0.1) is 11.8 Å². The Bertz CT molecular complexity index is 468. The molecule has 0 aliphatic rings. The van der Waals surface area contributed by atoms with E-state index in [-0.39, 0.29) is 5.91 Å². The molecule has 18 heavy (non-hydrogen) atoms. The van der Waals surface area contributed by atoms with Gasteiger partial charge in [0.25, 0.3) is 0 Å². The van der Waals surface area contributed by atoms with Crippen molar-refractivity contribution >= 4 is 23.4 Å². The number of carbonyl (C=O) groups is 1. The SMILES string of the molecule is Cc1ccc(SCC(=O)N(C)CCC#N)c(N)c1. The molecule has 1 rings (SSSR count). The van der Waals surface area contributed by atoms with Crippen molar-refractivity contribution in [1.82, 2.24) is 4.90 Å². The van der Waals surface area contributed by atoms with Crippen LogP contribution in [0, 0.1) is 18.3 Å². The highest BCUT2D eigenvalue weighted by Gasteiger charge is 2.09. The Labute approximate surface area is 112 Å². The largest absolute Gasteiger partial charge is 0.398 e. The van der Waals surface area contributed by atoms with Crippen LogP contribution in [-0.4, -0.2) is 30.2 Å². The van der Waals surface area contributed by atoms with Gasteiger partial charge >= 0.3 is 0 Å². The number of rotatable bonds is 5. The minimum Gasteiger partial charge on any atom is -0.398 e. The highest BCUT2D eigenvalue weighted by atomic mass is 32.2. The second-order valence-electron chi connectivity index (χ2n) is 4.05. The Morgan fingerprint density at radius 1 is 1.56 bits per heavy atom. The monoisotopic (exact) mass is 263 g/mol. The minimum absolute atomic E-state index is 0.00947. The first-order valence-electron chi connectivity index (χ1n) is 5.64. The first-order valence-corrected chi connectivity index (χ1v) is 6.63. The van der Waals surface area contributed by atoms with Crippen molar-refractivity contribution in [2.45, 2.75) is 18.2 Å². The average molecular weight is 263 g/mol. The maximum Gasteiger partial charge on any atom is 0.232 e. The molecule has 0 radical (unpaired) electrons. The van der Waals surface area contributed by atoms with Crippen LogP contribution in [0.5, 0.6) is 0 Å². The number of aryl methyl sites for hydroxylation is 1. The number of nitriles is 1. The number of hydrogen-bond donors (Lipinski definition) is 1. The van der Waals surface area contributed by atoms with Crippen LogP contribution in [-0.2, 0) is 4.79 Å². The zero-order valence-electron chi connectivity index (χ0n) is 10.6. The quantitative estimate of drug-likeness (QED) is 0.652. The molecule has 5 heteroatoms. The molecule has 96 valence electrons. The molecule has 0 atom stereocenters. The van der Waals surface area contributed by atoms with Gasteiger partial charge in [-0.05, 0) is 24.6 Å². The van der Waals surface area contributed by atoms with Crippen LogP contribution in [0.25, 0.3) is 0 Å². The fourth-order valence-corrected chi connectivity index (χ4v) is 2.28. The second-order valence-corrected chi connectivity index (χ2v) is 5.07. The zero-order valence-corrected chi connectivity index (χ0v) is 11.5. The van der Waals surface area contributed by atoms with Crippen LogP contribution < -0.4 is 5.73 Å². The molecule has 1 aromatic carbocycles. The predicted octanol–water partition coefficient (Wildman–Crippen LogP) is 2.04. The molecule has 1 aromatic rings. The maximum atomic E-state index is 11.8. The van der Waals surface area contributed by atoms with E-state index < -0.39 is 0 Å². The van der Waals surface area contributed by atoms with Crippen LogP contribution in [0.3, 0.4) is 0 Å². The van der Waals surface area contributed by atoms with Crippen LogP contribution in [0.4, 0.5) is 5.69 Å². The lowest BCUT2D eigenvalue weighted by Crippen LogP contribution is -2.29. The number of hydrogen-bond acceptors (Lipinski definition) is 4. The molecule has 0 unspecified atom stereocenters. The summed E-state index contributed by atoms with van der Waals surface area (Å²) >= 11 is 1.43. The van der Waals surface area contributed by atoms with Crippen molar-refractivity contribution in [3.05, 3.63) is 23.8 Å². The normalized spacial score (nSPS) is 9.83. The molecule has 0 aromatic heterocycles. The Morgan fingerprint density at radius 2 is 2.28 bits per heavy atom. The lowest BCUT2D eigenvalue weighted by atomic mass is 10.2. The molecule has 4 nitrogen and oxygen atoms in total. The van der Waals surface area contributed by atoms with Gasteiger partial charge < -0.3 is 10.6 Å². The molecule has 1 amide bonds. The molecule has 0 spiro atoms. The van der Waals surface area contributed by atoms with Crippen molar-refractivity contribution < 1.29 is 4.79 Å². The molecule has 0 aliphatic carbocycles. The van der Waals surface area contributed by atoms with Crippen LogP contribution >= 0.6 is 11.8 Å². The Morgan fingerprint density at radius 3 is 2.89 bits per heavy atom. The van der Waals surface area contributed by atoms with E-state index in [4.69, 9.17) is 11.0 Å². The van der Waals surface area contributed by atoms with E-state index in [1.807, 2.05) is 31.2 Å². The number of benzene rings is 1. The van der Waals surface area contributed by atoms with Gasteiger partial charge in [-0.2, -0.15) is 5.26 Å². The number of thioether (sulfide) groups is 1. The van der Waals surface area contributed by atoms with Gasteiger partial charge in [-0.3, -0.25) is 4.79 Å². The average Bonchev–Trinajstić information content (AvgIpc) is 2.34. The zero-order chi connectivity index (χ0) is 13.5. The first-order chi connectivity index (χ1) is 8.54. The summed E-state index contributed by atoms with van der Waals surface area (Å²) in [5, 5.41) is 8.46. The van der Waals surface area contributed by atoms with Gasteiger partial charge in [0.2, 0.25) is 5.91 Å². The molecule has 0 fully saturated rings. The van der Waals surface area contributed by atoms with Gasteiger partial charge in [0.05, 0.1) is 18.2 Å². The predicted molar refractivity (Wildman–Crippen MR) is 74.2 cm³/mol. The molecule has 0 heterocycles. The van der Waals surface area contributed by atoms with Crippen molar-refractivity contribution in [2.24, 2.45) is 0 Å². The second kappa shape index (κ2) is 6.92. The summed E-state index contributed by atoms with van der Waals surface area (Å²) in [5.41, 5.74) is 7.68. The first kappa shape index (κ1) is 14.4. The third-order valence-electron chi connectivity index (χ3n) is 2.50. The van der Waals surface area contributed by atoms with Crippen LogP contribution in [0.1, 0.15) is 12.0 Å². The summed E-state index contributed by atoms with van der Waals surface area (Å²) in [6.07, 6.45) is 0.361. The molecular formula is C13H17N3OS. The van der Waals surface area contributed by atoms with Crippen molar-refractivity contribution in [3.8, 4) is 6.07 Å². The van der Waals surface area contributed by atoms with Gasteiger partial charge in [-0.1, -0.05) is 6.07 Å². The summed E-state index contributed by atoms with van der Waals surface area (Å²) in [5.74, 6) is 0.352. The van der Waals surface area contributed by atoms with Crippen molar-refractivity contribution in [1.29, 1.82) is 5.26 Å². The summed E-state index contributed by atoms with van der Waals surface area (Å²) in [6.45, 7) is 2.45. The molecule has 0 bridgehead atoms. The lowest BCUT2D eigenvalue weighted by molar-refractivity contribution is -0.127. The number of nitrogens with two attached hydrogens (primary N) is 1.